The lowest BCUT2D eigenvalue weighted by atomic mass is 10.1. The fraction of sp³-hybridized carbons (Fsp3) is 0.435. The van der Waals surface area contributed by atoms with Gasteiger partial charge in [-0.3, -0.25) is 9.89 Å². The average Bonchev–Trinajstić information content (AvgIpc) is 3.33. The molecule has 1 aliphatic rings. The van der Waals surface area contributed by atoms with E-state index in [1.807, 2.05) is 36.4 Å². The minimum absolute atomic E-state index is 0. The predicted molar refractivity (Wildman–Crippen MR) is 142 cm³/mol. The van der Waals surface area contributed by atoms with Crippen molar-refractivity contribution in [2.45, 2.75) is 25.4 Å². The summed E-state index contributed by atoms with van der Waals surface area (Å²) in [6.45, 7) is 3.48. The first-order chi connectivity index (χ1) is 15.1. The first kappa shape index (κ1) is 26.6. The van der Waals surface area contributed by atoms with Gasteiger partial charge in [0.15, 0.2) is 5.96 Å². The molecular weight excluding hydrogens is 537 g/mol. The lowest BCUT2D eigenvalue weighted by Crippen LogP contribution is -2.44. The van der Waals surface area contributed by atoms with Gasteiger partial charge in [-0.05, 0) is 37.1 Å². The maximum absolute atomic E-state index is 12.3. The average molecular weight is 572 g/mol. The Kier molecular flexibility index (Phi) is 11.4. The van der Waals surface area contributed by atoms with Gasteiger partial charge in [0.05, 0.1) is 11.8 Å². The van der Waals surface area contributed by atoms with Crippen LogP contribution in [0.2, 0.25) is 0 Å². The lowest BCUT2D eigenvalue weighted by molar-refractivity contribution is 0.245. The van der Waals surface area contributed by atoms with Crippen molar-refractivity contribution >= 4 is 40.0 Å². The number of nitrogens with one attached hydrogen (secondary N) is 3. The second kappa shape index (κ2) is 13.8. The van der Waals surface area contributed by atoms with Gasteiger partial charge >= 0.3 is 0 Å². The van der Waals surface area contributed by atoms with Gasteiger partial charge in [-0.2, -0.15) is 0 Å². The van der Waals surface area contributed by atoms with E-state index in [2.05, 4.69) is 49.5 Å². The molecule has 32 heavy (non-hydrogen) atoms. The van der Waals surface area contributed by atoms with Gasteiger partial charge in [0.1, 0.15) is 0 Å². The molecule has 1 saturated heterocycles. The van der Waals surface area contributed by atoms with Crippen LogP contribution in [-0.4, -0.2) is 58.3 Å². The maximum atomic E-state index is 12.3. The van der Waals surface area contributed by atoms with Crippen LogP contribution in [0.3, 0.4) is 0 Å². The van der Waals surface area contributed by atoms with Crippen LogP contribution in [0.4, 0.5) is 0 Å². The lowest BCUT2D eigenvalue weighted by Gasteiger charge is -2.29. The van der Waals surface area contributed by atoms with Gasteiger partial charge in [-0.15, -0.1) is 24.0 Å². The van der Waals surface area contributed by atoms with Crippen LogP contribution in [0.1, 0.15) is 30.0 Å². The molecule has 1 unspecified atom stereocenters. The van der Waals surface area contributed by atoms with Crippen LogP contribution in [0, 0.1) is 0 Å². The maximum Gasteiger partial charge on any atom is 0.213 e. The Bertz CT molecular complexity index is 920. The van der Waals surface area contributed by atoms with E-state index in [4.69, 9.17) is 0 Å². The van der Waals surface area contributed by atoms with E-state index in [9.17, 15) is 8.42 Å². The van der Waals surface area contributed by atoms with E-state index >= 15 is 0 Å². The normalized spacial score (nSPS) is 15.7. The number of likely N-dealkylation sites (tertiary alicyclic amines) is 1. The van der Waals surface area contributed by atoms with Gasteiger partial charge in [-0.25, -0.2) is 13.1 Å². The largest absolute Gasteiger partial charge is 0.355 e. The highest BCUT2D eigenvalue weighted by Gasteiger charge is 2.23. The van der Waals surface area contributed by atoms with Crippen molar-refractivity contribution in [1.29, 1.82) is 0 Å². The molecule has 2 aromatic rings. The highest BCUT2D eigenvalue weighted by Crippen LogP contribution is 2.24. The van der Waals surface area contributed by atoms with Crippen molar-refractivity contribution in [2.75, 3.05) is 39.0 Å². The van der Waals surface area contributed by atoms with Crippen molar-refractivity contribution in [3.05, 3.63) is 71.8 Å². The molecule has 3 N–H and O–H groups in total. The SMILES string of the molecule is CN=C(NCCS(=O)(=O)NCc1ccccc1)NCC(c1ccccc1)N1CCCC1.I. The zero-order chi connectivity index (χ0) is 21.9. The molecule has 0 spiro atoms. The third-order valence-electron chi connectivity index (χ3n) is 5.45. The smallest absolute Gasteiger partial charge is 0.213 e. The van der Waals surface area contributed by atoms with Crippen molar-refractivity contribution in [3.8, 4) is 0 Å². The number of hydrogen-bond donors (Lipinski definition) is 3. The molecule has 0 radical (unpaired) electrons. The fourth-order valence-corrected chi connectivity index (χ4v) is 4.67. The molecule has 1 fully saturated rings. The van der Waals surface area contributed by atoms with Crippen LogP contribution >= 0.6 is 24.0 Å². The number of rotatable bonds is 10. The van der Waals surface area contributed by atoms with E-state index < -0.39 is 10.0 Å². The van der Waals surface area contributed by atoms with Crippen LogP contribution in [0.25, 0.3) is 0 Å². The summed E-state index contributed by atoms with van der Waals surface area (Å²) in [4.78, 5) is 6.75. The monoisotopic (exact) mass is 571 g/mol. The Labute approximate surface area is 209 Å². The van der Waals surface area contributed by atoms with Gasteiger partial charge < -0.3 is 10.6 Å². The zero-order valence-electron chi connectivity index (χ0n) is 18.5. The van der Waals surface area contributed by atoms with Crippen molar-refractivity contribution < 1.29 is 8.42 Å². The minimum Gasteiger partial charge on any atom is -0.355 e. The van der Waals surface area contributed by atoms with E-state index in [-0.39, 0.29) is 42.3 Å². The summed E-state index contributed by atoms with van der Waals surface area (Å²) in [5, 5.41) is 6.49. The number of sulfonamides is 1. The molecular formula is C23H34IN5O2S. The highest BCUT2D eigenvalue weighted by atomic mass is 127. The molecule has 3 rings (SSSR count). The van der Waals surface area contributed by atoms with Crippen LogP contribution in [0.5, 0.6) is 0 Å². The Morgan fingerprint density at radius 2 is 1.62 bits per heavy atom. The number of hydrogen-bond acceptors (Lipinski definition) is 4. The third-order valence-corrected chi connectivity index (χ3v) is 6.78. The highest BCUT2D eigenvalue weighted by molar-refractivity contribution is 14.0. The van der Waals surface area contributed by atoms with Crippen LogP contribution in [-0.2, 0) is 16.6 Å². The molecule has 0 saturated carbocycles. The number of nitrogens with zero attached hydrogens (tertiary/aromatic N) is 2. The summed E-state index contributed by atoms with van der Waals surface area (Å²) >= 11 is 0. The summed E-state index contributed by atoms with van der Waals surface area (Å²) < 4.78 is 27.2. The molecule has 1 atom stereocenters. The van der Waals surface area contributed by atoms with E-state index in [1.165, 1.54) is 18.4 Å². The standard InChI is InChI=1S/C23H33N5O2S.HI/c1-24-23(25-14-17-31(29,30)27-18-20-10-4-2-5-11-20)26-19-22(28-15-8-9-16-28)21-12-6-3-7-13-21;/h2-7,10-13,22,27H,8-9,14-19H2,1H3,(H2,24,25,26);1H. The third kappa shape index (κ3) is 8.68. The molecule has 1 aliphatic heterocycles. The van der Waals surface area contributed by atoms with E-state index in [1.54, 1.807) is 7.05 Å². The number of halogens is 1. The van der Waals surface area contributed by atoms with Gasteiger partial charge in [0.2, 0.25) is 10.0 Å². The summed E-state index contributed by atoms with van der Waals surface area (Å²) in [5.74, 6) is 0.591. The first-order valence-corrected chi connectivity index (χ1v) is 12.5. The predicted octanol–water partition coefficient (Wildman–Crippen LogP) is 2.73. The summed E-state index contributed by atoms with van der Waals surface area (Å²) in [7, 11) is -1.68. The molecule has 0 aliphatic carbocycles. The molecule has 0 amide bonds. The molecule has 9 heteroatoms. The van der Waals surface area contributed by atoms with Crippen molar-refractivity contribution in [2.24, 2.45) is 4.99 Å². The second-order valence-electron chi connectivity index (χ2n) is 7.68. The minimum atomic E-state index is -3.37. The second-order valence-corrected chi connectivity index (χ2v) is 9.60. The Balaban J connectivity index is 0.00000363. The van der Waals surface area contributed by atoms with E-state index in [0.717, 1.165) is 18.7 Å². The van der Waals surface area contributed by atoms with E-state index in [0.29, 0.717) is 19.0 Å². The Morgan fingerprint density at radius 1 is 1.00 bits per heavy atom. The van der Waals surface area contributed by atoms with Crippen LogP contribution in [0.15, 0.2) is 65.7 Å². The summed E-state index contributed by atoms with van der Waals surface area (Å²) in [6.07, 6.45) is 2.45. The molecule has 2 aromatic carbocycles. The first-order valence-electron chi connectivity index (χ1n) is 10.8. The van der Waals surface area contributed by atoms with Gasteiger partial charge in [-0.1, -0.05) is 60.7 Å². The Hall–Kier alpha value is -1.69. The van der Waals surface area contributed by atoms with Crippen molar-refractivity contribution in [1.82, 2.24) is 20.3 Å². The van der Waals surface area contributed by atoms with Gasteiger partial charge in [0, 0.05) is 26.7 Å². The topological polar surface area (TPSA) is 85.8 Å². The van der Waals surface area contributed by atoms with Crippen LogP contribution < -0.4 is 15.4 Å². The molecule has 7 nitrogen and oxygen atoms in total. The molecule has 176 valence electrons. The van der Waals surface area contributed by atoms with Gasteiger partial charge in [0.25, 0.3) is 0 Å². The molecule has 1 heterocycles. The number of benzene rings is 2. The number of aliphatic imine (C=N–C) groups is 1. The quantitative estimate of drug-likeness (QED) is 0.232. The Morgan fingerprint density at radius 3 is 2.25 bits per heavy atom. The summed E-state index contributed by atoms with van der Waals surface area (Å²) in [5.41, 5.74) is 2.21. The number of guanidine groups is 1. The van der Waals surface area contributed by atoms with Crippen molar-refractivity contribution in [3.63, 3.8) is 0 Å². The zero-order valence-corrected chi connectivity index (χ0v) is 21.7. The fourth-order valence-electron chi connectivity index (χ4n) is 3.77. The molecule has 0 bridgehead atoms. The molecule has 0 aromatic heterocycles. The summed E-state index contributed by atoms with van der Waals surface area (Å²) in [6, 6.07) is 20.2.